The fraction of sp³-hybridized carbons (Fsp3) is 0.609. The van der Waals surface area contributed by atoms with Gasteiger partial charge in [-0.2, -0.15) is 5.26 Å². The maximum atomic E-state index is 13.8. The molecule has 2 fully saturated rings. The van der Waals surface area contributed by atoms with E-state index in [9.17, 15) is 8.78 Å². The monoisotopic (exact) mass is 357 g/mol. The lowest BCUT2D eigenvalue weighted by Crippen LogP contribution is -2.14. The summed E-state index contributed by atoms with van der Waals surface area (Å²) >= 11 is 0. The molecule has 2 aliphatic carbocycles. The van der Waals surface area contributed by atoms with Crippen LogP contribution in [0.4, 0.5) is 8.78 Å². The average molecular weight is 357 g/mol. The van der Waals surface area contributed by atoms with Gasteiger partial charge in [0.15, 0.2) is 0 Å². The molecule has 0 amide bonds. The van der Waals surface area contributed by atoms with Gasteiger partial charge in [-0.3, -0.25) is 0 Å². The van der Waals surface area contributed by atoms with Crippen LogP contribution in [0.1, 0.15) is 81.8 Å². The molecule has 26 heavy (non-hydrogen) atoms. The van der Waals surface area contributed by atoms with E-state index in [1.165, 1.54) is 44.2 Å². The molecule has 2 saturated carbocycles. The van der Waals surface area contributed by atoms with Crippen molar-refractivity contribution in [3.05, 3.63) is 47.0 Å². The average Bonchev–Trinajstić information content (AvgIpc) is 2.67. The van der Waals surface area contributed by atoms with E-state index in [1.807, 2.05) is 0 Å². The molecule has 0 heterocycles. The van der Waals surface area contributed by atoms with E-state index in [0.717, 1.165) is 37.5 Å². The molecule has 1 aromatic carbocycles. The Morgan fingerprint density at radius 3 is 1.88 bits per heavy atom. The van der Waals surface area contributed by atoms with E-state index in [4.69, 9.17) is 5.26 Å². The van der Waals surface area contributed by atoms with Crippen LogP contribution in [0.3, 0.4) is 0 Å². The van der Waals surface area contributed by atoms with Crippen LogP contribution < -0.4 is 0 Å². The Bertz CT molecular complexity index is 649. The normalized spacial score (nSPS) is 29.6. The molecule has 0 saturated heterocycles. The number of nitrogens with zero attached hydrogens (tertiary/aromatic N) is 1. The number of nitriles is 1. The van der Waals surface area contributed by atoms with Crippen molar-refractivity contribution in [3.63, 3.8) is 0 Å². The van der Waals surface area contributed by atoms with Crippen LogP contribution in [0.25, 0.3) is 0 Å². The van der Waals surface area contributed by atoms with Crippen molar-refractivity contribution in [2.75, 3.05) is 0 Å². The number of hydrogen-bond donors (Lipinski definition) is 0. The molecular formula is C23H29F2N. The van der Waals surface area contributed by atoms with Gasteiger partial charge in [0.1, 0.15) is 23.3 Å². The zero-order valence-electron chi connectivity index (χ0n) is 15.7. The van der Waals surface area contributed by atoms with Crippen LogP contribution >= 0.6 is 0 Å². The molecular weight excluding hydrogens is 328 g/mol. The Kier molecular flexibility index (Phi) is 6.46. The van der Waals surface area contributed by atoms with Gasteiger partial charge in [-0.1, -0.05) is 25.5 Å². The molecule has 3 rings (SSSR count). The Morgan fingerprint density at radius 2 is 1.42 bits per heavy atom. The molecule has 0 aliphatic heterocycles. The van der Waals surface area contributed by atoms with Crippen molar-refractivity contribution >= 4 is 0 Å². The molecule has 1 aromatic rings. The van der Waals surface area contributed by atoms with E-state index in [0.29, 0.717) is 11.5 Å². The van der Waals surface area contributed by atoms with Crippen molar-refractivity contribution in [1.82, 2.24) is 0 Å². The van der Waals surface area contributed by atoms with Gasteiger partial charge in [0.25, 0.3) is 0 Å². The molecule has 0 unspecified atom stereocenters. The van der Waals surface area contributed by atoms with Crippen molar-refractivity contribution in [3.8, 4) is 6.07 Å². The highest BCUT2D eigenvalue weighted by molar-refractivity contribution is 5.36. The minimum absolute atomic E-state index is 0.205. The number of benzene rings is 1. The highest BCUT2D eigenvalue weighted by Gasteiger charge is 2.24. The quantitative estimate of drug-likeness (QED) is 0.539. The third-order valence-corrected chi connectivity index (χ3v) is 6.54. The van der Waals surface area contributed by atoms with Gasteiger partial charge < -0.3 is 0 Å². The summed E-state index contributed by atoms with van der Waals surface area (Å²) in [5.74, 6) is 1.03. The molecule has 0 radical (unpaired) electrons. The van der Waals surface area contributed by atoms with Crippen molar-refractivity contribution in [2.24, 2.45) is 17.8 Å². The molecule has 0 spiro atoms. The Labute approximate surface area is 156 Å². The second kappa shape index (κ2) is 8.80. The largest absolute Gasteiger partial charge is 0.205 e. The summed E-state index contributed by atoms with van der Waals surface area (Å²) in [5, 5.41) is 8.79. The first kappa shape index (κ1) is 19.1. The third kappa shape index (κ3) is 4.53. The predicted molar refractivity (Wildman–Crippen MR) is 101 cm³/mol. The zero-order valence-corrected chi connectivity index (χ0v) is 15.7. The fourth-order valence-corrected chi connectivity index (χ4v) is 4.68. The van der Waals surface area contributed by atoms with Crippen molar-refractivity contribution in [1.29, 1.82) is 5.26 Å². The Morgan fingerprint density at radius 1 is 0.923 bits per heavy atom. The Balaban J connectivity index is 1.52. The fourth-order valence-electron chi connectivity index (χ4n) is 4.68. The molecule has 3 heteroatoms. The van der Waals surface area contributed by atoms with Crippen molar-refractivity contribution < 1.29 is 8.78 Å². The summed E-state index contributed by atoms with van der Waals surface area (Å²) in [6.07, 6.45) is 15.6. The summed E-state index contributed by atoms with van der Waals surface area (Å²) in [7, 11) is 0. The van der Waals surface area contributed by atoms with Crippen LogP contribution in [-0.4, -0.2) is 0 Å². The SMILES string of the molecule is CC[C@H]1CC[C@H](C=C[C@H]2CC[C@H](c3cc(F)c(C#N)c(F)c3)CC2)CC1. The van der Waals surface area contributed by atoms with Gasteiger partial charge in [-0.25, -0.2) is 8.78 Å². The summed E-state index contributed by atoms with van der Waals surface area (Å²) in [5.41, 5.74) is 0.238. The molecule has 0 aromatic heterocycles. The number of hydrogen-bond acceptors (Lipinski definition) is 1. The van der Waals surface area contributed by atoms with E-state index >= 15 is 0 Å². The number of rotatable bonds is 4. The summed E-state index contributed by atoms with van der Waals surface area (Å²) in [6.45, 7) is 2.30. The zero-order chi connectivity index (χ0) is 18.5. The lowest BCUT2D eigenvalue weighted by Gasteiger charge is -2.29. The lowest BCUT2D eigenvalue weighted by atomic mass is 9.77. The second-order valence-corrected chi connectivity index (χ2v) is 8.16. The topological polar surface area (TPSA) is 23.8 Å². The van der Waals surface area contributed by atoms with Crippen LogP contribution in [0.5, 0.6) is 0 Å². The van der Waals surface area contributed by atoms with Crippen LogP contribution in [0.2, 0.25) is 0 Å². The standard InChI is InChI=1S/C23H29F2N/c1-2-16-3-5-17(6-4-16)7-8-18-9-11-19(12-10-18)20-13-22(24)21(15-26)23(25)14-20/h7-8,13-14,16-19H,2-6,9-12H2,1H3/t16-,17-,18-,19-. The maximum Gasteiger partial charge on any atom is 0.144 e. The molecule has 2 aliphatic rings. The number of halogens is 2. The molecule has 0 atom stereocenters. The van der Waals surface area contributed by atoms with Crippen LogP contribution in [-0.2, 0) is 0 Å². The van der Waals surface area contributed by atoms with E-state index in [1.54, 1.807) is 6.07 Å². The Hall–Kier alpha value is -1.69. The highest BCUT2D eigenvalue weighted by Crippen LogP contribution is 2.38. The van der Waals surface area contributed by atoms with E-state index < -0.39 is 17.2 Å². The third-order valence-electron chi connectivity index (χ3n) is 6.54. The minimum atomic E-state index is -0.729. The lowest BCUT2D eigenvalue weighted by molar-refractivity contribution is 0.301. The first-order chi connectivity index (χ1) is 12.6. The van der Waals surface area contributed by atoms with E-state index in [-0.39, 0.29) is 5.92 Å². The molecule has 1 nitrogen and oxygen atoms in total. The summed E-state index contributed by atoms with van der Waals surface area (Å²) in [4.78, 5) is 0. The smallest absolute Gasteiger partial charge is 0.144 e. The summed E-state index contributed by atoms with van der Waals surface area (Å²) in [6, 6.07) is 4.31. The van der Waals surface area contributed by atoms with Gasteiger partial charge >= 0.3 is 0 Å². The second-order valence-electron chi connectivity index (χ2n) is 8.16. The maximum absolute atomic E-state index is 13.8. The number of allylic oxidation sites excluding steroid dienone is 2. The van der Waals surface area contributed by atoms with Crippen LogP contribution in [0.15, 0.2) is 24.3 Å². The highest BCUT2D eigenvalue weighted by atomic mass is 19.1. The molecule has 0 N–H and O–H groups in total. The van der Waals surface area contributed by atoms with Gasteiger partial charge in [0.05, 0.1) is 0 Å². The molecule has 140 valence electrons. The molecule has 0 bridgehead atoms. The van der Waals surface area contributed by atoms with Gasteiger partial charge in [0, 0.05) is 0 Å². The van der Waals surface area contributed by atoms with E-state index in [2.05, 4.69) is 19.1 Å². The predicted octanol–water partition coefficient (Wildman–Crippen LogP) is 6.88. The van der Waals surface area contributed by atoms with Crippen LogP contribution in [0, 0.1) is 40.7 Å². The van der Waals surface area contributed by atoms with Crippen molar-refractivity contribution in [2.45, 2.75) is 70.6 Å². The first-order valence-corrected chi connectivity index (χ1v) is 10.2. The first-order valence-electron chi connectivity index (χ1n) is 10.2. The summed E-state index contributed by atoms with van der Waals surface area (Å²) < 4.78 is 27.7. The van der Waals surface area contributed by atoms with Gasteiger partial charge in [0.2, 0.25) is 0 Å². The van der Waals surface area contributed by atoms with Gasteiger partial charge in [-0.05, 0) is 92.7 Å². The minimum Gasteiger partial charge on any atom is -0.205 e. The van der Waals surface area contributed by atoms with Gasteiger partial charge in [-0.15, -0.1) is 0 Å².